The average Bonchev–Trinajstić information content (AvgIpc) is 2.55. The largest absolute Gasteiger partial charge is 0.438 e. The molecule has 0 unspecified atom stereocenters. The van der Waals surface area contributed by atoms with E-state index in [1.54, 1.807) is 12.1 Å². The van der Waals surface area contributed by atoms with Gasteiger partial charge in [0.15, 0.2) is 0 Å². The monoisotopic (exact) mass is 281 g/mol. The van der Waals surface area contributed by atoms with Crippen LogP contribution in [0.3, 0.4) is 0 Å². The van der Waals surface area contributed by atoms with E-state index < -0.39 is 0 Å². The Kier molecular flexibility index (Phi) is 3.81. The summed E-state index contributed by atoms with van der Waals surface area (Å²) in [7, 11) is 0. The fraction of sp³-hybridized carbons (Fsp3) is 0.118. The van der Waals surface area contributed by atoms with Crippen molar-refractivity contribution in [2.24, 2.45) is 0 Å². The van der Waals surface area contributed by atoms with Crippen LogP contribution in [0.2, 0.25) is 0 Å². The molecule has 0 fully saturated rings. The Morgan fingerprint density at radius 2 is 1.76 bits per heavy atom. The molecule has 0 amide bonds. The fourth-order valence-electron chi connectivity index (χ4n) is 2.20. The van der Waals surface area contributed by atoms with Crippen LogP contribution in [0.25, 0.3) is 10.8 Å². The fourth-order valence-corrected chi connectivity index (χ4v) is 2.20. The molecular weight excluding hydrogens is 266 g/mol. The number of ether oxygens (including phenoxy) is 1. The van der Waals surface area contributed by atoms with Crippen molar-refractivity contribution in [1.29, 1.82) is 0 Å². The Balaban J connectivity index is 2.06. The van der Waals surface area contributed by atoms with Crippen LogP contribution in [-0.2, 0) is 13.2 Å². The van der Waals surface area contributed by atoms with Crippen molar-refractivity contribution in [3.8, 4) is 11.6 Å². The molecule has 0 bridgehead atoms. The Hall–Kier alpha value is -2.43. The number of aliphatic hydroxyl groups excluding tert-OH is 2. The van der Waals surface area contributed by atoms with Crippen molar-refractivity contribution in [3.05, 3.63) is 65.9 Å². The van der Waals surface area contributed by atoms with E-state index in [1.165, 1.54) is 0 Å². The Morgan fingerprint density at radius 1 is 0.905 bits per heavy atom. The normalized spacial score (nSPS) is 10.8. The van der Waals surface area contributed by atoms with E-state index >= 15 is 0 Å². The molecule has 0 aliphatic rings. The zero-order valence-corrected chi connectivity index (χ0v) is 11.4. The maximum absolute atomic E-state index is 9.32. The van der Waals surface area contributed by atoms with E-state index in [4.69, 9.17) is 4.74 Å². The van der Waals surface area contributed by atoms with Gasteiger partial charge in [0.05, 0.1) is 18.9 Å². The van der Waals surface area contributed by atoms with E-state index in [9.17, 15) is 10.2 Å². The number of aromatic nitrogens is 1. The molecular formula is C17H15NO3. The summed E-state index contributed by atoms with van der Waals surface area (Å²) in [6.45, 7) is -0.181. The van der Waals surface area contributed by atoms with Gasteiger partial charge in [0.1, 0.15) is 5.75 Å². The number of hydrogen-bond acceptors (Lipinski definition) is 4. The van der Waals surface area contributed by atoms with Gasteiger partial charge in [-0.2, -0.15) is 0 Å². The van der Waals surface area contributed by atoms with E-state index in [-0.39, 0.29) is 13.2 Å². The molecule has 1 heterocycles. The van der Waals surface area contributed by atoms with Gasteiger partial charge in [-0.05, 0) is 35.2 Å². The molecule has 0 aliphatic carbocycles. The number of pyridine rings is 1. The quantitative estimate of drug-likeness (QED) is 0.771. The first-order valence-electron chi connectivity index (χ1n) is 6.67. The minimum Gasteiger partial charge on any atom is -0.438 e. The minimum atomic E-state index is -0.141. The van der Waals surface area contributed by atoms with Crippen LogP contribution in [0.5, 0.6) is 11.6 Å². The number of fused-ring (bicyclic) bond motifs is 1. The van der Waals surface area contributed by atoms with Crippen molar-refractivity contribution in [2.45, 2.75) is 13.2 Å². The molecule has 3 aromatic rings. The van der Waals surface area contributed by atoms with Crippen LogP contribution in [-0.4, -0.2) is 15.2 Å². The molecule has 2 N–H and O–H groups in total. The molecule has 4 heteroatoms. The molecule has 1 aromatic heterocycles. The van der Waals surface area contributed by atoms with Crippen molar-refractivity contribution in [2.75, 3.05) is 0 Å². The summed E-state index contributed by atoms with van der Waals surface area (Å²) >= 11 is 0. The minimum absolute atomic E-state index is 0.0396. The second-order valence-electron chi connectivity index (χ2n) is 4.71. The molecule has 0 saturated carbocycles. The van der Waals surface area contributed by atoms with E-state index in [2.05, 4.69) is 4.98 Å². The Labute approximate surface area is 122 Å². The Bertz CT molecular complexity index is 771. The summed E-state index contributed by atoms with van der Waals surface area (Å²) in [4.78, 5) is 4.34. The number of hydrogen-bond donors (Lipinski definition) is 2. The summed E-state index contributed by atoms with van der Waals surface area (Å²) in [5, 5.41) is 20.3. The predicted octanol–water partition coefficient (Wildman–Crippen LogP) is 3.01. The van der Waals surface area contributed by atoms with Crippen molar-refractivity contribution in [3.63, 3.8) is 0 Å². The third-order valence-corrected chi connectivity index (χ3v) is 3.22. The lowest BCUT2D eigenvalue weighted by molar-refractivity contribution is 0.275. The summed E-state index contributed by atoms with van der Waals surface area (Å²) in [6, 6.07) is 16.8. The molecule has 106 valence electrons. The highest BCUT2D eigenvalue weighted by Crippen LogP contribution is 2.29. The van der Waals surface area contributed by atoms with Gasteiger partial charge in [-0.3, -0.25) is 0 Å². The molecule has 0 atom stereocenters. The van der Waals surface area contributed by atoms with Crippen LogP contribution in [0.4, 0.5) is 0 Å². The first kappa shape index (κ1) is 13.5. The lowest BCUT2D eigenvalue weighted by Crippen LogP contribution is -1.95. The highest BCUT2D eigenvalue weighted by Gasteiger charge is 2.08. The zero-order valence-electron chi connectivity index (χ0n) is 11.4. The van der Waals surface area contributed by atoms with Crippen LogP contribution < -0.4 is 4.74 Å². The first-order valence-corrected chi connectivity index (χ1v) is 6.67. The third-order valence-electron chi connectivity index (χ3n) is 3.22. The maximum Gasteiger partial charge on any atom is 0.227 e. The van der Waals surface area contributed by atoms with Gasteiger partial charge in [-0.15, -0.1) is 0 Å². The highest BCUT2D eigenvalue weighted by atomic mass is 16.5. The van der Waals surface area contributed by atoms with Gasteiger partial charge in [-0.25, -0.2) is 4.98 Å². The van der Waals surface area contributed by atoms with Gasteiger partial charge < -0.3 is 14.9 Å². The maximum atomic E-state index is 9.32. The average molecular weight is 281 g/mol. The van der Waals surface area contributed by atoms with Gasteiger partial charge >= 0.3 is 0 Å². The molecule has 0 radical (unpaired) electrons. The standard InChI is InChI=1S/C17H15NO3/c19-10-12-4-3-6-15(8-12)21-17-16-7-2-1-5-13(16)9-14(11-20)18-17/h1-9,19-20H,10-11H2. The van der Waals surface area contributed by atoms with E-state index in [1.807, 2.05) is 42.5 Å². The van der Waals surface area contributed by atoms with Crippen LogP contribution in [0.15, 0.2) is 54.6 Å². The lowest BCUT2D eigenvalue weighted by Gasteiger charge is -2.10. The smallest absolute Gasteiger partial charge is 0.227 e. The number of nitrogens with zero attached hydrogens (tertiary/aromatic N) is 1. The van der Waals surface area contributed by atoms with Gasteiger partial charge in [0.2, 0.25) is 5.88 Å². The Morgan fingerprint density at radius 3 is 2.57 bits per heavy atom. The molecule has 2 aromatic carbocycles. The van der Waals surface area contributed by atoms with Crippen LogP contribution >= 0.6 is 0 Å². The number of benzene rings is 2. The summed E-state index contributed by atoms with van der Waals surface area (Å²) < 4.78 is 5.84. The summed E-state index contributed by atoms with van der Waals surface area (Å²) in [6.07, 6.45) is 0. The van der Waals surface area contributed by atoms with Crippen molar-refractivity contribution >= 4 is 10.8 Å². The molecule has 21 heavy (non-hydrogen) atoms. The van der Waals surface area contributed by atoms with Gasteiger partial charge in [0, 0.05) is 5.39 Å². The van der Waals surface area contributed by atoms with E-state index in [0.717, 1.165) is 16.3 Å². The third kappa shape index (κ3) is 2.86. The van der Waals surface area contributed by atoms with Crippen LogP contribution in [0.1, 0.15) is 11.3 Å². The van der Waals surface area contributed by atoms with Crippen molar-refractivity contribution in [1.82, 2.24) is 4.98 Å². The lowest BCUT2D eigenvalue weighted by atomic mass is 10.1. The molecule has 3 rings (SSSR count). The SMILES string of the molecule is OCc1cccc(Oc2nc(CO)cc3ccccc23)c1. The molecule has 4 nitrogen and oxygen atoms in total. The van der Waals surface area contributed by atoms with Gasteiger partial charge in [-0.1, -0.05) is 30.3 Å². The second kappa shape index (κ2) is 5.91. The summed E-state index contributed by atoms with van der Waals surface area (Å²) in [5.74, 6) is 1.06. The van der Waals surface area contributed by atoms with Crippen molar-refractivity contribution < 1.29 is 14.9 Å². The molecule has 0 saturated heterocycles. The zero-order chi connectivity index (χ0) is 14.7. The van der Waals surface area contributed by atoms with Crippen LogP contribution in [0, 0.1) is 0 Å². The predicted molar refractivity (Wildman–Crippen MR) is 80.1 cm³/mol. The summed E-state index contributed by atoms with van der Waals surface area (Å²) in [5.41, 5.74) is 1.33. The topological polar surface area (TPSA) is 62.6 Å². The number of aliphatic hydroxyl groups is 2. The van der Waals surface area contributed by atoms with Gasteiger partial charge in [0.25, 0.3) is 0 Å². The molecule has 0 aliphatic heterocycles. The number of rotatable bonds is 4. The molecule has 0 spiro atoms. The first-order chi connectivity index (χ1) is 10.3. The van der Waals surface area contributed by atoms with E-state index in [0.29, 0.717) is 17.3 Å². The second-order valence-corrected chi connectivity index (χ2v) is 4.71. The highest BCUT2D eigenvalue weighted by molar-refractivity contribution is 5.87.